The zero-order valence-electron chi connectivity index (χ0n) is 12.4. The van der Waals surface area contributed by atoms with Crippen LogP contribution in [0.15, 0.2) is 0 Å². The molecule has 0 aromatic rings. The summed E-state index contributed by atoms with van der Waals surface area (Å²) in [6, 6.07) is 1.25. The predicted octanol–water partition coefficient (Wildman–Crippen LogP) is 3.52. The largest absolute Gasteiger partial charge is 0.465 e. The molecule has 0 aliphatic heterocycles. The molecule has 2 fully saturated rings. The molecule has 0 saturated heterocycles. The molecule has 19 heavy (non-hydrogen) atoms. The molecule has 0 radical (unpaired) electrons. The lowest BCUT2D eigenvalue weighted by molar-refractivity contribution is -0.146. The van der Waals surface area contributed by atoms with E-state index in [0.29, 0.717) is 25.2 Å². The average molecular weight is 267 g/mol. The maximum Gasteiger partial charge on any atom is 0.320 e. The van der Waals surface area contributed by atoms with Crippen molar-refractivity contribution >= 4 is 5.97 Å². The molecule has 2 aliphatic carbocycles. The molecule has 2 aliphatic rings. The maximum absolute atomic E-state index is 11.9. The van der Waals surface area contributed by atoms with E-state index in [2.05, 4.69) is 4.90 Å². The summed E-state index contributed by atoms with van der Waals surface area (Å²) < 4.78 is 5.17. The van der Waals surface area contributed by atoms with Crippen LogP contribution in [0.3, 0.4) is 0 Å². The molecule has 0 heterocycles. The molecule has 3 heteroatoms. The van der Waals surface area contributed by atoms with E-state index in [9.17, 15) is 4.79 Å². The molecule has 0 atom stereocenters. The van der Waals surface area contributed by atoms with Crippen molar-refractivity contribution in [1.82, 2.24) is 4.90 Å². The number of carbonyl (C=O) groups excluding carboxylic acids is 1. The Morgan fingerprint density at radius 3 is 1.84 bits per heavy atom. The van der Waals surface area contributed by atoms with E-state index in [1.54, 1.807) is 0 Å². The van der Waals surface area contributed by atoms with E-state index in [4.69, 9.17) is 4.74 Å². The van der Waals surface area contributed by atoms with E-state index in [0.717, 1.165) is 0 Å². The normalized spacial score (nSPS) is 22.6. The van der Waals surface area contributed by atoms with Gasteiger partial charge in [-0.1, -0.05) is 38.5 Å². The highest BCUT2D eigenvalue weighted by molar-refractivity contribution is 5.71. The summed E-state index contributed by atoms with van der Waals surface area (Å²) in [4.78, 5) is 14.4. The van der Waals surface area contributed by atoms with Crippen molar-refractivity contribution < 1.29 is 9.53 Å². The molecule has 2 rings (SSSR count). The molecule has 3 nitrogen and oxygen atoms in total. The summed E-state index contributed by atoms with van der Waals surface area (Å²) in [6.45, 7) is 2.91. The van der Waals surface area contributed by atoms with Crippen molar-refractivity contribution in [2.24, 2.45) is 0 Å². The first-order chi connectivity index (χ1) is 9.31. The van der Waals surface area contributed by atoms with Gasteiger partial charge in [0.25, 0.3) is 0 Å². The van der Waals surface area contributed by atoms with Crippen LogP contribution in [0.4, 0.5) is 0 Å². The summed E-state index contributed by atoms with van der Waals surface area (Å²) in [5.41, 5.74) is 0. The van der Waals surface area contributed by atoms with Gasteiger partial charge in [0, 0.05) is 12.1 Å². The molecular weight excluding hydrogens is 238 g/mol. The Labute approximate surface area is 117 Å². The topological polar surface area (TPSA) is 29.5 Å². The first-order valence-corrected chi connectivity index (χ1v) is 8.22. The molecular formula is C16H29NO2. The molecule has 0 aromatic heterocycles. The van der Waals surface area contributed by atoms with Gasteiger partial charge in [0.1, 0.15) is 0 Å². The Balaban J connectivity index is 1.96. The highest BCUT2D eigenvalue weighted by Crippen LogP contribution is 2.29. The third-order valence-corrected chi connectivity index (χ3v) is 4.70. The van der Waals surface area contributed by atoms with E-state index >= 15 is 0 Å². The van der Waals surface area contributed by atoms with Crippen LogP contribution in [0.5, 0.6) is 0 Å². The van der Waals surface area contributed by atoms with Crippen LogP contribution in [0, 0.1) is 0 Å². The fourth-order valence-electron chi connectivity index (χ4n) is 3.74. The van der Waals surface area contributed by atoms with Crippen LogP contribution in [0.2, 0.25) is 0 Å². The van der Waals surface area contributed by atoms with E-state index < -0.39 is 0 Å². The number of esters is 1. The van der Waals surface area contributed by atoms with Gasteiger partial charge in [-0.15, -0.1) is 0 Å². The van der Waals surface area contributed by atoms with Crippen LogP contribution < -0.4 is 0 Å². The second-order valence-corrected chi connectivity index (χ2v) is 6.06. The number of ether oxygens (including phenoxy) is 1. The summed E-state index contributed by atoms with van der Waals surface area (Å²) in [5, 5.41) is 0. The first kappa shape index (κ1) is 14.8. The van der Waals surface area contributed by atoms with Gasteiger partial charge in [-0.3, -0.25) is 9.69 Å². The Kier molecular flexibility index (Phi) is 6.15. The second kappa shape index (κ2) is 7.88. The average Bonchev–Trinajstić information content (AvgIpc) is 2.47. The summed E-state index contributed by atoms with van der Waals surface area (Å²) >= 11 is 0. The standard InChI is InChI=1S/C16H29NO2/c1-2-19-16(18)13-17(14-9-5-3-6-10-14)15-11-7-4-8-12-15/h14-15H,2-13H2,1H3. The second-order valence-electron chi connectivity index (χ2n) is 6.06. The quantitative estimate of drug-likeness (QED) is 0.714. The molecule has 0 N–H and O–H groups in total. The van der Waals surface area contributed by atoms with Crippen molar-refractivity contribution in [3.8, 4) is 0 Å². The van der Waals surface area contributed by atoms with E-state index in [-0.39, 0.29) is 5.97 Å². The molecule has 0 spiro atoms. The highest BCUT2D eigenvalue weighted by atomic mass is 16.5. The van der Waals surface area contributed by atoms with Crippen molar-refractivity contribution in [1.29, 1.82) is 0 Å². The summed E-state index contributed by atoms with van der Waals surface area (Å²) in [5.74, 6) is -0.0290. The zero-order chi connectivity index (χ0) is 13.5. The van der Waals surface area contributed by atoms with Crippen molar-refractivity contribution in [3.63, 3.8) is 0 Å². The maximum atomic E-state index is 11.9. The molecule has 110 valence electrons. The predicted molar refractivity (Wildman–Crippen MR) is 77.1 cm³/mol. The minimum absolute atomic E-state index is 0.0290. The molecule has 0 aromatic carbocycles. The minimum atomic E-state index is -0.0290. The number of hydrogen-bond acceptors (Lipinski definition) is 3. The van der Waals surface area contributed by atoms with Gasteiger partial charge in [0.15, 0.2) is 0 Å². The van der Waals surface area contributed by atoms with Crippen molar-refractivity contribution in [2.45, 2.75) is 83.2 Å². The van der Waals surface area contributed by atoms with Gasteiger partial charge < -0.3 is 4.74 Å². The number of nitrogens with zero attached hydrogens (tertiary/aromatic N) is 1. The minimum Gasteiger partial charge on any atom is -0.465 e. The molecule has 2 saturated carbocycles. The third-order valence-electron chi connectivity index (χ3n) is 4.70. The number of hydrogen-bond donors (Lipinski definition) is 0. The van der Waals surface area contributed by atoms with Crippen LogP contribution in [-0.2, 0) is 9.53 Å². The lowest BCUT2D eigenvalue weighted by Crippen LogP contribution is -2.47. The molecule has 0 unspecified atom stereocenters. The van der Waals surface area contributed by atoms with E-state index in [1.807, 2.05) is 6.92 Å². The smallest absolute Gasteiger partial charge is 0.320 e. The third kappa shape index (κ3) is 4.48. The Morgan fingerprint density at radius 1 is 0.947 bits per heavy atom. The van der Waals surface area contributed by atoms with Gasteiger partial charge in [0.05, 0.1) is 13.2 Å². The summed E-state index contributed by atoms with van der Waals surface area (Å²) in [7, 11) is 0. The summed E-state index contributed by atoms with van der Waals surface area (Å²) in [6.07, 6.45) is 13.2. The van der Waals surface area contributed by atoms with Crippen LogP contribution in [0.25, 0.3) is 0 Å². The Hall–Kier alpha value is -0.570. The van der Waals surface area contributed by atoms with Gasteiger partial charge in [0.2, 0.25) is 0 Å². The molecule has 0 amide bonds. The fraction of sp³-hybridized carbons (Fsp3) is 0.938. The van der Waals surface area contributed by atoms with Gasteiger partial charge in [-0.2, -0.15) is 0 Å². The van der Waals surface area contributed by atoms with E-state index in [1.165, 1.54) is 64.2 Å². The molecule has 0 bridgehead atoms. The number of carbonyl (C=O) groups is 1. The van der Waals surface area contributed by atoms with Gasteiger partial charge >= 0.3 is 5.97 Å². The van der Waals surface area contributed by atoms with Crippen molar-refractivity contribution in [3.05, 3.63) is 0 Å². The Bertz CT molecular complexity index is 250. The van der Waals surface area contributed by atoms with Crippen LogP contribution in [0.1, 0.15) is 71.1 Å². The lowest BCUT2D eigenvalue weighted by atomic mass is 9.88. The van der Waals surface area contributed by atoms with Gasteiger partial charge in [-0.05, 0) is 32.6 Å². The number of rotatable bonds is 5. The zero-order valence-corrected chi connectivity index (χ0v) is 12.4. The van der Waals surface area contributed by atoms with Crippen LogP contribution >= 0.6 is 0 Å². The Morgan fingerprint density at radius 2 is 1.42 bits per heavy atom. The highest BCUT2D eigenvalue weighted by Gasteiger charge is 2.30. The monoisotopic (exact) mass is 267 g/mol. The van der Waals surface area contributed by atoms with Crippen LogP contribution in [-0.4, -0.2) is 36.1 Å². The SMILES string of the molecule is CCOC(=O)CN(C1CCCCC1)C1CCCCC1. The first-order valence-electron chi connectivity index (χ1n) is 8.22. The van der Waals surface area contributed by atoms with Gasteiger partial charge in [-0.25, -0.2) is 0 Å². The van der Waals surface area contributed by atoms with Crippen molar-refractivity contribution in [2.75, 3.05) is 13.2 Å². The lowest BCUT2D eigenvalue weighted by Gasteiger charge is -2.41. The fourth-order valence-corrected chi connectivity index (χ4v) is 3.74.